The summed E-state index contributed by atoms with van der Waals surface area (Å²) in [7, 11) is -3.69. The van der Waals surface area contributed by atoms with E-state index in [0.29, 0.717) is 18.0 Å². The van der Waals surface area contributed by atoms with Gasteiger partial charge < -0.3 is 5.32 Å². The quantitative estimate of drug-likeness (QED) is 0.643. The molecule has 3 aromatic rings. The van der Waals surface area contributed by atoms with Crippen LogP contribution in [0.5, 0.6) is 0 Å². The number of sulfone groups is 1. The highest BCUT2D eigenvalue weighted by Crippen LogP contribution is 2.45. The van der Waals surface area contributed by atoms with Crippen LogP contribution in [0.3, 0.4) is 0 Å². The van der Waals surface area contributed by atoms with E-state index in [0.717, 1.165) is 10.4 Å². The van der Waals surface area contributed by atoms with Crippen LogP contribution < -0.4 is 5.32 Å². The lowest BCUT2D eigenvalue weighted by molar-refractivity contribution is -0.116. The average molecular weight is 412 g/mol. The molecule has 2 heterocycles. The zero-order chi connectivity index (χ0) is 19.9. The molecule has 0 aliphatic carbocycles. The van der Waals surface area contributed by atoms with Crippen LogP contribution in [0.4, 0.5) is 5.69 Å². The number of nitrogens with one attached hydrogen (secondary N) is 1. The van der Waals surface area contributed by atoms with Crippen LogP contribution in [-0.2, 0) is 14.6 Å². The molecule has 28 heavy (non-hydrogen) atoms. The highest BCUT2D eigenvalue weighted by molar-refractivity contribution is 7.91. The van der Waals surface area contributed by atoms with Crippen LogP contribution in [-0.4, -0.2) is 14.3 Å². The van der Waals surface area contributed by atoms with Crippen molar-refractivity contribution in [3.63, 3.8) is 0 Å². The van der Waals surface area contributed by atoms with E-state index < -0.39 is 9.84 Å². The van der Waals surface area contributed by atoms with Gasteiger partial charge in [-0.1, -0.05) is 56.3 Å². The molecule has 2 aromatic carbocycles. The lowest BCUT2D eigenvalue weighted by Gasteiger charge is -2.24. The van der Waals surface area contributed by atoms with Gasteiger partial charge in [-0.2, -0.15) is 0 Å². The Kier molecular flexibility index (Phi) is 4.85. The largest absolute Gasteiger partial charge is 0.324 e. The van der Waals surface area contributed by atoms with Gasteiger partial charge >= 0.3 is 0 Å². The van der Waals surface area contributed by atoms with Gasteiger partial charge in [-0.25, -0.2) is 8.42 Å². The van der Waals surface area contributed by atoms with Crippen LogP contribution in [0.1, 0.15) is 48.1 Å². The van der Waals surface area contributed by atoms with Gasteiger partial charge in [0, 0.05) is 22.6 Å². The summed E-state index contributed by atoms with van der Waals surface area (Å²) >= 11 is 1.40. The molecule has 4 nitrogen and oxygen atoms in total. The SMILES string of the molecule is CC(C)c1ccc(C2CC(=O)Nc3c(S(=O)(=O)c4ccccc4)csc32)cc1. The van der Waals surface area contributed by atoms with Crippen molar-refractivity contribution >= 4 is 32.8 Å². The fourth-order valence-electron chi connectivity index (χ4n) is 3.51. The molecule has 1 N–H and O–H groups in total. The van der Waals surface area contributed by atoms with Crippen molar-refractivity contribution in [2.75, 3.05) is 5.32 Å². The van der Waals surface area contributed by atoms with Crippen molar-refractivity contribution < 1.29 is 13.2 Å². The maximum atomic E-state index is 13.1. The van der Waals surface area contributed by atoms with E-state index in [2.05, 4.69) is 31.3 Å². The summed E-state index contributed by atoms with van der Waals surface area (Å²) in [6.45, 7) is 4.28. The Morgan fingerprint density at radius 1 is 1.04 bits per heavy atom. The Balaban J connectivity index is 1.78. The molecule has 0 saturated heterocycles. The minimum absolute atomic E-state index is 0.130. The van der Waals surface area contributed by atoms with Crippen molar-refractivity contribution in [2.45, 2.75) is 41.9 Å². The second-order valence-electron chi connectivity index (χ2n) is 7.28. The van der Waals surface area contributed by atoms with Crippen molar-refractivity contribution in [2.24, 2.45) is 0 Å². The minimum atomic E-state index is -3.69. The van der Waals surface area contributed by atoms with E-state index in [1.54, 1.807) is 35.7 Å². The van der Waals surface area contributed by atoms with Crippen LogP contribution in [0.15, 0.2) is 69.8 Å². The monoisotopic (exact) mass is 411 g/mol. The van der Waals surface area contributed by atoms with E-state index in [1.807, 2.05) is 12.1 Å². The predicted molar refractivity (Wildman–Crippen MR) is 112 cm³/mol. The number of hydrogen-bond acceptors (Lipinski definition) is 4. The van der Waals surface area contributed by atoms with Gasteiger partial charge in [-0.05, 0) is 29.2 Å². The Labute approximate surface area is 169 Å². The maximum absolute atomic E-state index is 13.1. The van der Waals surface area contributed by atoms with Crippen molar-refractivity contribution in [3.05, 3.63) is 76.0 Å². The number of carbonyl (C=O) groups is 1. The number of fused-ring (bicyclic) bond motifs is 1. The minimum Gasteiger partial charge on any atom is -0.324 e. The van der Waals surface area contributed by atoms with Gasteiger partial charge in [0.05, 0.1) is 10.6 Å². The number of amides is 1. The molecule has 1 aliphatic rings. The first kappa shape index (κ1) is 18.9. The first-order chi connectivity index (χ1) is 13.4. The highest BCUT2D eigenvalue weighted by atomic mass is 32.2. The van der Waals surface area contributed by atoms with Gasteiger partial charge in [0.2, 0.25) is 15.7 Å². The molecule has 1 amide bonds. The van der Waals surface area contributed by atoms with Crippen LogP contribution in [0, 0.1) is 0 Å². The van der Waals surface area contributed by atoms with Crippen molar-refractivity contribution in [1.29, 1.82) is 0 Å². The molecule has 1 aliphatic heterocycles. The third-order valence-corrected chi connectivity index (χ3v) is 8.14. The summed E-state index contributed by atoms with van der Waals surface area (Å²) in [6, 6.07) is 16.6. The van der Waals surface area contributed by atoms with Gasteiger partial charge in [0.15, 0.2) is 0 Å². The van der Waals surface area contributed by atoms with Crippen LogP contribution in [0.2, 0.25) is 0 Å². The second-order valence-corrected chi connectivity index (χ2v) is 10.1. The fraction of sp³-hybridized carbons (Fsp3) is 0.227. The highest BCUT2D eigenvalue weighted by Gasteiger charge is 2.34. The Morgan fingerprint density at radius 3 is 2.36 bits per heavy atom. The first-order valence-corrected chi connectivity index (χ1v) is 11.6. The molecule has 0 radical (unpaired) electrons. The molecule has 1 aromatic heterocycles. The zero-order valence-corrected chi connectivity index (χ0v) is 17.3. The summed E-state index contributed by atoms with van der Waals surface area (Å²) < 4.78 is 26.2. The number of carbonyl (C=O) groups excluding carboxylic acids is 1. The maximum Gasteiger partial charge on any atom is 0.225 e. The average Bonchev–Trinajstić information content (AvgIpc) is 3.12. The van der Waals surface area contributed by atoms with Gasteiger partial charge in [-0.15, -0.1) is 11.3 Å². The molecular formula is C22H21NO3S2. The fourth-order valence-corrected chi connectivity index (χ4v) is 6.44. The van der Waals surface area contributed by atoms with Crippen molar-refractivity contribution in [1.82, 2.24) is 0 Å². The van der Waals surface area contributed by atoms with Crippen LogP contribution in [0.25, 0.3) is 0 Å². The smallest absolute Gasteiger partial charge is 0.225 e. The summed E-state index contributed by atoms with van der Waals surface area (Å²) in [5.74, 6) is 0.145. The Morgan fingerprint density at radius 2 is 1.71 bits per heavy atom. The second kappa shape index (κ2) is 7.18. The standard InChI is InChI=1S/C22H21NO3S2/c1-14(2)15-8-10-16(11-9-15)18-12-20(24)23-21-19(13-27-22(18)21)28(25,26)17-6-4-3-5-7-17/h3-11,13-14,18H,12H2,1-2H3,(H,23,24). The number of hydrogen-bond donors (Lipinski definition) is 1. The molecule has 1 unspecified atom stereocenters. The predicted octanol–water partition coefficient (Wildman–Crippen LogP) is 5.18. The summed E-state index contributed by atoms with van der Waals surface area (Å²) in [5, 5.41) is 4.45. The molecule has 0 spiro atoms. The Hall–Kier alpha value is -2.44. The molecule has 4 rings (SSSR count). The summed E-state index contributed by atoms with van der Waals surface area (Å²) in [5.41, 5.74) is 2.71. The number of anilines is 1. The molecule has 0 fully saturated rings. The van der Waals surface area contributed by atoms with E-state index in [-0.39, 0.29) is 21.6 Å². The Bertz CT molecular complexity index is 1110. The zero-order valence-electron chi connectivity index (χ0n) is 15.7. The van der Waals surface area contributed by atoms with Gasteiger partial charge in [-0.3, -0.25) is 4.79 Å². The lowest BCUT2D eigenvalue weighted by atomic mass is 9.89. The normalized spacial score (nSPS) is 16.7. The van der Waals surface area contributed by atoms with E-state index >= 15 is 0 Å². The summed E-state index contributed by atoms with van der Waals surface area (Å²) in [4.78, 5) is 13.7. The molecule has 144 valence electrons. The number of rotatable bonds is 4. The molecular weight excluding hydrogens is 390 g/mol. The van der Waals surface area contributed by atoms with E-state index in [1.165, 1.54) is 16.9 Å². The molecule has 0 saturated carbocycles. The van der Waals surface area contributed by atoms with E-state index in [9.17, 15) is 13.2 Å². The van der Waals surface area contributed by atoms with Gasteiger partial charge in [0.25, 0.3) is 0 Å². The number of thiophene rings is 1. The third-order valence-electron chi connectivity index (χ3n) is 5.10. The van der Waals surface area contributed by atoms with Crippen molar-refractivity contribution in [3.8, 4) is 0 Å². The van der Waals surface area contributed by atoms with Crippen LogP contribution >= 0.6 is 11.3 Å². The first-order valence-electron chi connectivity index (χ1n) is 9.19. The summed E-state index contributed by atoms with van der Waals surface area (Å²) in [6.07, 6.45) is 0.319. The molecule has 0 bridgehead atoms. The topological polar surface area (TPSA) is 63.2 Å². The lowest BCUT2D eigenvalue weighted by Crippen LogP contribution is -2.23. The third kappa shape index (κ3) is 3.27. The van der Waals surface area contributed by atoms with E-state index in [4.69, 9.17) is 0 Å². The number of benzene rings is 2. The van der Waals surface area contributed by atoms with Gasteiger partial charge in [0.1, 0.15) is 4.90 Å². The molecule has 6 heteroatoms. The molecule has 1 atom stereocenters.